The van der Waals surface area contributed by atoms with Crippen molar-refractivity contribution in [2.24, 2.45) is 5.92 Å². The molecule has 0 aromatic carbocycles. The molecule has 0 aromatic heterocycles. The van der Waals surface area contributed by atoms with E-state index in [1.165, 1.54) is 19.3 Å². The van der Waals surface area contributed by atoms with Crippen molar-refractivity contribution >= 4 is 10.0 Å². The van der Waals surface area contributed by atoms with Crippen molar-refractivity contribution in [3.63, 3.8) is 0 Å². The zero-order valence-corrected chi connectivity index (χ0v) is 9.57. The first-order chi connectivity index (χ1) is 6.64. The van der Waals surface area contributed by atoms with Crippen molar-refractivity contribution in [1.29, 1.82) is 0 Å². The third-order valence-corrected chi connectivity index (χ3v) is 3.81. The maximum absolute atomic E-state index is 11.3. The molecule has 0 amide bonds. The van der Waals surface area contributed by atoms with Crippen LogP contribution in [0.25, 0.3) is 0 Å². The van der Waals surface area contributed by atoms with Crippen molar-refractivity contribution in [2.45, 2.75) is 25.7 Å². The molecule has 0 aromatic rings. The van der Waals surface area contributed by atoms with Crippen LogP contribution < -0.4 is 10.0 Å². The van der Waals surface area contributed by atoms with Crippen molar-refractivity contribution in [3.8, 4) is 0 Å². The van der Waals surface area contributed by atoms with E-state index >= 15 is 0 Å². The Bertz CT molecular complexity index is 248. The van der Waals surface area contributed by atoms with E-state index in [0.717, 1.165) is 12.3 Å². The SMILES string of the molecule is CNCCS(=O)(=O)NCCCC1CC1. The van der Waals surface area contributed by atoms with Crippen molar-refractivity contribution in [2.75, 3.05) is 25.9 Å². The first-order valence-electron chi connectivity index (χ1n) is 5.26. The molecule has 0 saturated heterocycles. The standard InChI is InChI=1S/C9H20N2O2S/c1-10-7-8-14(12,13)11-6-2-3-9-4-5-9/h9-11H,2-8H2,1H3. The zero-order chi connectivity index (χ0) is 10.4. The van der Waals surface area contributed by atoms with Gasteiger partial charge in [0.15, 0.2) is 0 Å². The van der Waals surface area contributed by atoms with Crippen LogP contribution in [0.1, 0.15) is 25.7 Å². The fourth-order valence-corrected chi connectivity index (χ4v) is 2.41. The number of nitrogens with one attached hydrogen (secondary N) is 2. The summed E-state index contributed by atoms with van der Waals surface area (Å²) in [5.41, 5.74) is 0. The highest BCUT2D eigenvalue weighted by Crippen LogP contribution is 2.33. The third kappa shape index (κ3) is 5.57. The van der Waals surface area contributed by atoms with Crippen LogP contribution in [0, 0.1) is 5.92 Å². The van der Waals surface area contributed by atoms with Gasteiger partial charge in [0.25, 0.3) is 0 Å². The summed E-state index contributed by atoms with van der Waals surface area (Å²) in [6.07, 6.45) is 4.83. The summed E-state index contributed by atoms with van der Waals surface area (Å²) < 4.78 is 25.2. The molecule has 2 N–H and O–H groups in total. The first-order valence-corrected chi connectivity index (χ1v) is 6.91. The molecule has 1 aliphatic rings. The van der Waals surface area contributed by atoms with Gasteiger partial charge in [-0.25, -0.2) is 13.1 Å². The Kier molecular flexibility index (Phi) is 4.84. The second kappa shape index (κ2) is 5.68. The molecule has 1 rings (SSSR count). The lowest BCUT2D eigenvalue weighted by atomic mass is 10.2. The summed E-state index contributed by atoms with van der Waals surface area (Å²) in [6, 6.07) is 0. The van der Waals surface area contributed by atoms with Crippen LogP contribution >= 0.6 is 0 Å². The Labute approximate surface area is 86.5 Å². The molecule has 0 spiro atoms. The molecule has 0 bridgehead atoms. The Hall–Kier alpha value is -0.130. The fraction of sp³-hybridized carbons (Fsp3) is 1.00. The summed E-state index contributed by atoms with van der Waals surface area (Å²) in [5, 5.41) is 2.82. The van der Waals surface area contributed by atoms with Crippen molar-refractivity contribution in [3.05, 3.63) is 0 Å². The average Bonchev–Trinajstić information content (AvgIpc) is 2.93. The maximum atomic E-state index is 11.3. The average molecular weight is 220 g/mol. The highest BCUT2D eigenvalue weighted by atomic mass is 32.2. The van der Waals surface area contributed by atoms with Crippen LogP contribution in [0.4, 0.5) is 0 Å². The molecule has 14 heavy (non-hydrogen) atoms. The van der Waals surface area contributed by atoms with Gasteiger partial charge in [-0.05, 0) is 25.8 Å². The van der Waals surface area contributed by atoms with Gasteiger partial charge in [0.1, 0.15) is 0 Å². The lowest BCUT2D eigenvalue weighted by Crippen LogP contribution is -2.31. The van der Waals surface area contributed by atoms with Gasteiger partial charge in [0.2, 0.25) is 10.0 Å². The summed E-state index contributed by atoms with van der Waals surface area (Å²) in [6.45, 7) is 1.11. The first kappa shape index (κ1) is 11.9. The van der Waals surface area contributed by atoms with Crippen LogP contribution in [0.15, 0.2) is 0 Å². The normalized spacial score (nSPS) is 17.2. The van der Waals surface area contributed by atoms with Gasteiger partial charge in [-0.2, -0.15) is 0 Å². The molecule has 0 radical (unpaired) electrons. The molecule has 1 aliphatic carbocycles. The van der Waals surface area contributed by atoms with Crippen LogP contribution in [0.3, 0.4) is 0 Å². The highest BCUT2D eigenvalue weighted by molar-refractivity contribution is 7.89. The van der Waals surface area contributed by atoms with Crippen LogP contribution in [-0.2, 0) is 10.0 Å². The Morgan fingerprint density at radius 2 is 2.00 bits per heavy atom. The van der Waals surface area contributed by atoms with E-state index in [-0.39, 0.29) is 5.75 Å². The molecule has 0 atom stereocenters. The van der Waals surface area contributed by atoms with Crippen LogP contribution in [-0.4, -0.2) is 34.3 Å². The molecular weight excluding hydrogens is 200 g/mol. The lowest BCUT2D eigenvalue weighted by molar-refractivity contribution is 0.570. The van der Waals surface area contributed by atoms with E-state index in [1.54, 1.807) is 7.05 Å². The fourth-order valence-electron chi connectivity index (χ4n) is 1.33. The predicted octanol–water partition coefficient (Wildman–Crippen LogP) is 0.315. The topological polar surface area (TPSA) is 58.2 Å². The second-order valence-corrected chi connectivity index (χ2v) is 5.83. The molecule has 0 heterocycles. The minimum absolute atomic E-state index is 0.174. The summed E-state index contributed by atoms with van der Waals surface area (Å²) in [5.74, 6) is 1.06. The second-order valence-electron chi connectivity index (χ2n) is 3.90. The largest absolute Gasteiger partial charge is 0.319 e. The van der Waals surface area contributed by atoms with Gasteiger partial charge in [-0.15, -0.1) is 0 Å². The number of hydrogen-bond donors (Lipinski definition) is 2. The summed E-state index contributed by atoms with van der Waals surface area (Å²) in [7, 11) is -1.28. The minimum atomic E-state index is -3.03. The van der Waals surface area contributed by atoms with Gasteiger partial charge < -0.3 is 5.32 Å². The van der Waals surface area contributed by atoms with Crippen molar-refractivity contribution in [1.82, 2.24) is 10.0 Å². The predicted molar refractivity (Wildman–Crippen MR) is 57.7 cm³/mol. The van der Waals surface area contributed by atoms with Crippen LogP contribution in [0.5, 0.6) is 0 Å². The van der Waals surface area contributed by atoms with Gasteiger partial charge in [0.05, 0.1) is 5.75 Å². The molecule has 84 valence electrons. The molecule has 4 nitrogen and oxygen atoms in total. The minimum Gasteiger partial charge on any atom is -0.319 e. The Balaban J connectivity index is 2.02. The molecule has 0 unspecified atom stereocenters. The van der Waals surface area contributed by atoms with Gasteiger partial charge in [-0.1, -0.05) is 12.8 Å². The number of rotatable bonds is 8. The smallest absolute Gasteiger partial charge is 0.212 e. The summed E-state index contributed by atoms with van der Waals surface area (Å²) in [4.78, 5) is 0. The molecule has 1 fully saturated rings. The molecule has 0 aliphatic heterocycles. The van der Waals surface area contributed by atoms with Crippen LogP contribution in [0.2, 0.25) is 0 Å². The van der Waals surface area contributed by atoms with E-state index in [1.807, 2.05) is 0 Å². The Morgan fingerprint density at radius 1 is 1.29 bits per heavy atom. The third-order valence-electron chi connectivity index (χ3n) is 2.43. The van der Waals surface area contributed by atoms with E-state index in [0.29, 0.717) is 13.1 Å². The maximum Gasteiger partial charge on any atom is 0.212 e. The monoisotopic (exact) mass is 220 g/mol. The summed E-state index contributed by atoms with van der Waals surface area (Å²) >= 11 is 0. The van der Waals surface area contributed by atoms with Gasteiger partial charge in [0, 0.05) is 13.1 Å². The number of sulfonamides is 1. The van der Waals surface area contributed by atoms with E-state index in [2.05, 4.69) is 10.0 Å². The lowest BCUT2D eigenvalue weighted by Gasteiger charge is -2.05. The van der Waals surface area contributed by atoms with Crippen molar-refractivity contribution < 1.29 is 8.42 Å². The highest BCUT2D eigenvalue weighted by Gasteiger charge is 2.20. The number of hydrogen-bond acceptors (Lipinski definition) is 3. The van der Waals surface area contributed by atoms with Gasteiger partial charge in [-0.3, -0.25) is 0 Å². The molecular formula is C9H20N2O2S. The van der Waals surface area contributed by atoms with Gasteiger partial charge >= 0.3 is 0 Å². The van der Waals surface area contributed by atoms with E-state index in [9.17, 15) is 8.42 Å². The quantitative estimate of drug-likeness (QED) is 0.579. The Morgan fingerprint density at radius 3 is 2.57 bits per heavy atom. The molecule has 5 heteroatoms. The molecule has 1 saturated carbocycles. The van der Waals surface area contributed by atoms with E-state index < -0.39 is 10.0 Å². The van der Waals surface area contributed by atoms with E-state index in [4.69, 9.17) is 0 Å². The zero-order valence-electron chi connectivity index (χ0n) is 8.75.